The molecule has 1 unspecified atom stereocenters. The van der Waals surface area contributed by atoms with E-state index in [1.165, 1.54) is 17.6 Å². The van der Waals surface area contributed by atoms with E-state index in [4.69, 9.17) is 13.8 Å². The van der Waals surface area contributed by atoms with Gasteiger partial charge in [0.05, 0.1) is 7.11 Å². The quantitative estimate of drug-likeness (QED) is 0.238. The summed E-state index contributed by atoms with van der Waals surface area (Å²) in [5, 5.41) is 12.3. The number of aliphatic carboxylic acids is 1. The summed E-state index contributed by atoms with van der Waals surface area (Å²) >= 11 is 2.24. The van der Waals surface area contributed by atoms with E-state index >= 15 is 0 Å². The summed E-state index contributed by atoms with van der Waals surface area (Å²) in [6.07, 6.45) is 5.86. The molecule has 154 valence electrons. The Morgan fingerprint density at radius 2 is 2.04 bits per heavy atom. The fourth-order valence-electron chi connectivity index (χ4n) is 3.15. The fourth-order valence-corrected chi connectivity index (χ4v) is 3.91. The largest absolute Gasteiger partial charge is 0.481 e. The summed E-state index contributed by atoms with van der Waals surface area (Å²) in [5.74, 6) is -0.000693. The molecule has 0 fully saturated rings. The Kier molecular flexibility index (Phi) is 11.9. The van der Waals surface area contributed by atoms with Crippen LogP contribution >= 0.6 is 24.1 Å². The second-order valence-electron chi connectivity index (χ2n) is 6.94. The molecular formula is C20H33NO4S2. The number of nitrogens with one attached hydrogen (secondary N) is 1. The van der Waals surface area contributed by atoms with Crippen molar-refractivity contribution in [3.05, 3.63) is 23.8 Å². The normalized spacial score (nSPS) is 13.3. The van der Waals surface area contributed by atoms with E-state index in [1.807, 2.05) is 0 Å². The van der Waals surface area contributed by atoms with Gasteiger partial charge in [0.2, 0.25) is 0 Å². The molecule has 0 bridgehead atoms. The van der Waals surface area contributed by atoms with Crippen molar-refractivity contribution in [1.82, 2.24) is 0 Å². The Bertz CT molecular complexity index is 571. The number of hydrogen-bond acceptors (Lipinski definition) is 6. The summed E-state index contributed by atoms with van der Waals surface area (Å²) in [5.41, 5.74) is 2.43. The van der Waals surface area contributed by atoms with Gasteiger partial charge in [0.15, 0.2) is 0 Å². The van der Waals surface area contributed by atoms with Gasteiger partial charge in [0.1, 0.15) is 0 Å². The topological polar surface area (TPSA) is 78.8 Å². The lowest BCUT2D eigenvalue weighted by atomic mass is 9.75. The summed E-state index contributed by atoms with van der Waals surface area (Å²) in [6.45, 7) is 5.31. The zero-order chi connectivity index (χ0) is 20.1. The van der Waals surface area contributed by atoms with E-state index in [2.05, 4.69) is 37.4 Å². The number of anilines is 1. The molecular weight excluding hydrogens is 382 g/mol. The maximum Gasteiger partial charge on any atom is 0.303 e. The molecule has 0 heterocycles. The molecule has 0 amide bonds. The van der Waals surface area contributed by atoms with E-state index in [0.717, 1.165) is 67.7 Å². The first-order chi connectivity index (χ1) is 13.0. The van der Waals surface area contributed by atoms with Crippen LogP contribution in [0, 0.1) is 0 Å². The maximum atomic E-state index is 10.7. The predicted octanol–water partition coefficient (Wildman–Crippen LogP) is 6.05. The van der Waals surface area contributed by atoms with E-state index in [9.17, 15) is 4.79 Å². The third-order valence-corrected chi connectivity index (χ3v) is 6.03. The zero-order valence-corrected chi connectivity index (χ0v) is 18.3. The lowest BCUT2D eigenvalue weighted by Crippen LogP contribution is -2.23. The standard InChI is InChI=1S/C20H33NO4S2/c1-4-20(2,12-7-5-6-9-19(22)23)17-15-16(27-25-3)10-11-18(17)21-13-8-14-26-24/h10-11,15,21,24H,4-9,12-14H2,1-3H3,(H,22,23). The van der Waals surface area contributed by atoms with Crippen LogP contribution in [0.2, 0.25) is 0 Å². The first-order valence-electron chi connectivity index (χ1n) is 9.54. The van der Waals surface area contributed by atoms with E-state index in [0.29, 0.717) is 5.75 Å². The molecule has 7 heteroatoms. The van der Waals surface area contributed by atoms with Gasteiger partial charge in [-0.1, -0.05) is 26.7 Å². The SMILES string of the molecule is CCC(C)(CCCCCC(=O)O)c1cc(SOC)ccc1NCCCSO. The number of carbonyl (C=O) groups is 1. The molecule has 1 atom stereocenters. The van der Waals surface area contributed by atoms with Crippen molar-refractivity contribution in [1.29, 1.82) is 0 Å². The lowest BCUT2D eigenvalue weighted by molar-refractivity contribution is -0.137. The Morgan fingerprint density at radius 3 is 2.67 bits per heavy atom. The van der Waals surface area contributed by atoms with E-state index in [1.54, 1.807) is 7.11 Å². The van der Waals surface area contributed by atoms with Gasteiger partial charge < -0.3 is 19.2 Å². The number of carboxylic acid groups (broad SMARTS) is 1. The van der Waals surface area contributed by atoms with Gasteiger partial charge in [-0.15, -0.1) is 0 Å². The second kappa shape index (κ2) is 13.3. The minimum absolute atomic E-state index is 0.0155. The van der Waals surface area contributed by atoms with E-state index < -0.39 is 5.97 Å². The molecule has 0 aromatic heterocycles. The van der Waals surface area contributed by atoms with Crippen LogP contribution in [0.5, 0.6) is 0 Å². The van der Waals surface area contributed by atoms with Crippen molar-refractivity contribution in [3.8, 4) is 0 Å². The molecule has 0 spiro atoms. The molecule has 0 radical (unpaired) electrons. The fraction of sp³-hybridized carbons (Fsp3) is 0.650. The van der Waals surface area contributed by atoms with Crippen LogP contribution in [-0.4, -0.2) is 35.0 Å². The summed E-state index contributed by atoms with van der Waals surface area (Å²) in [4.78, 5) is 11.8. The maximum absolute atomic E-state index is 10.7. The van der Waals surface area contributed by atoms with Gasteiger partial charge in [0.25, 0.3) is 0 Å². The highest BCUT2D eigenvalue weighted by atomic mass is 32.2. The summed E-state index contributed by atoms with van der Waals surface area (Å²) in [6, 6.07) is 6.38. The van der Waals surface area contributed by atoms with Crippen LogP contribution < -0.4 is 5.32 Å². The molecule has 3 N–H and O–H groups in total. The predicted molar refractivity (Wildman–Crippen MR) is 116 cm³/mol. The van der Waals surface area contributed by atoms with Gasteiger partial charge in [0, 0.05) is 41.3 Å². The van der Waals surface area contributed by atoms with Gasteiger partial charge in [-0.2, -0.15) is 0 Å². The molecule has 0 saturated heterocycles. The molecule has 1 rings (SSSR count). The highest BCUT2D eigenvalue weighted by Crippen LogP contribution is 2.39. The van der Waals surface area contributed by atoms with Crippen LogP contribution in [0.4, 0.5) is 5.69 Å². The highest BCUT2D eigenvalue weighted by molar-refractivity contribution is 7.94. The van der Waals surface area contributed by atoms with Crippen molar-refractivity contribution >= 4 is 35.7 Å². The van der Waals surface area contributed by atoms with Crippen LogP contribution in [0.15, 0.2) is 23.1 Å². The molecule has 1 aromatic rings. The molecule has 5 nitrogen and oxygen atoms in total. The Morgan fingerprint density at radius 1 is 1.26 bits per heavy atom. The molecule has 0 aliphatic heterocycles. The van der Waals surface area contributed by atoms with E-state index in [-0.39, 0.29) is 11.8 Å². The molecule has 27 heavy (non-hydrogen) atoms. The second-order valence-corrected chi connectivity index (χ2v) is 8.58. The minimum Gasteiger partial charge on any atom is -0.481 e. The van der Waals surface area contributed by atoms with Crippen molar-refractivity contribution in [3.63, 3.8) is 0 Å². The Balaban J connectivity index is 2.89. The number of unbranched alkanes of at least 4 members (excludes halogenated alkanes) is 2. The van der Waals surface area contributed by atoms with Crippen molar-refractivity contribution in [2.75, 3.05) is 24.7 Å². The third kappa shape index (κ3) is 8.77. The average molecular weight is 416 g/mol. The van der Waals surface area contributed by atoms with Crippen LogP contribution in [-0.2, 0) is 14.4 Å². The third-order valence-electron chi connectivity index (χ3n) is 4.95. The monoisotopic (exact) mass is 415 g/mol. The smallest absolute Gasteiger partial charge is 0.303 e. The zero-order valence-electron chi connectivity index (χ0n) is 16.6. The molecule has 0 saturated carbocycles. The van der Waals surface area contributed by atoms with Crippen molar-refractivity contribution < 1.29 is 18.6 Å². The van der Waals surface area contributed by atoms with Crippen LogP contribution in [0.25, 0.3) is 0 Å². The molecule has 1 aromatic carbocycles. The summed E-state index contributed by atoms with van der Waals surface area (Å²) in [7, 11) is 1.67. The number of benzene rings is 1. The van der Waals surface area contributed by atoms with Crippen molar-refractivity contribution in [2.24, 2.45) is 0 Å². The first kappa shape index (κ1) is 24.1. The number of carboxylic acids is 1. The molecule has 0 aliphatic rings. The first-order valence-corrected chi connectivity index (χ1v) is 11.2. The highest BCUT2D eigenvalue weighted by Gasteiger charge is 2.27. The van der Waals surface area contributed by atoms with Crippen molar-refractivity contribution in [2.45, 2.75) is 69.1 Å². The van der Waals surface area contributed by atoms with Gasteiger partial charge >= 0.3 is 5.97 Å². The van der Waals surface area contributed by atoms with Gasteiger partial charge in [-0.05, 0) is 66.9 Å². The summed E-state index contributed by atoms with van der Waals surface area (Å²) < 4.78 is 14.1. The van der Waals surface area contributed by atoms with Crippen LogP contribution in [0.1, 0.15) is 64.4 Å². The molecule has 0 aliphatic carbocycles. The average Bonchev–Trinajstić information content (AvgIpc) is 2.65. The Labute approximate surface area is 172 Å². The Hall–Kier alpha value is -0.890. The minimum atomic E-state index is -0.718. The lowest BCUT2D eigenvalue weighted by Gasteiger charge is -2.32. The van der Waals surface area contributed by atoms with Crippen LogP contribution in [0.3, 0.4) is 0 Å². The van der Waals surface area contributed by atoms with Gasteiger partial charge in [-0.25, -0.2) is 0 Å². The number of hydrogen-bond donors (Lipinski definition) is 3. The number of rotatable bonds is 15. The van der Waals surface area contributed by atoms with Gasteiger partial charge in [-0.3, -0.25) is 4.79 Å².